The van der Waals surface area contributed by atoms with E-state index in [2.05, 4.69) is 4.85 Å². The zero-order chi connectivity index (χ0) is 19.8. The fraction of sp³-hybridized carbons (Fsp3) is 0.0435. The van der Waals surface area contributed by atoms with Crippen molar-refractivity contribution in [3.8, 4) is 16.8 Å². The number of hydrogen-bond donors (Lipinski definition) is 2. The molecule has 0 bridgehead atoms. The minimum atomic E-state index is -0.457. The number of hydrogen-bond acceptors (Lipinski definition) is 2. The maximum atomic E-state index is 11.4. The number of anilines is 1. The molecule has 0 aliphatic carbocycles. The predicted octanol–water partition coefficient (Wildman–Crippen LogP) is 4.84. The highest BCUT2D eigenvalue weighted by Crippen LogP contribution is 2.37. The van der Waals surface area contributed by atoms with Crippen LogP contribution in [-0.4, -0.2) is 10.5 Å². The fourth-order valence-corrected chi connectivity index (χ4v) is 3.45. The number of aromatic nitrogens is 1. The Balaban J connectivity index is 2.00. The molecular formula is C23H18N4O. The molecule has 0 radical (unpaired) electrons. The predicted molar refractivity (Wildman–Crippen MR) is 113 cm³/mol. The van der Waals surface area contributed by atoms with E-state index in [-0.39, 0.29) is 0 Å². The minimum Gasteiger partial charge on any atom is -0.398 e. The summed E-state index contributed by atoms with van der Waals surface area (Å²) in [6.07, 6.45) is 2.04. The third-order valence-corrected chi connectivity index (χ3v) is 5.01. The van der Waals surface area contributed by atoms with Crippen molar-refractivity contribution in [3.63, 3.8) is 0 Å². The van der Waals surface area contributed by atoms with Gasteiger partial charge in [0.2, 0.25) is 5.91 Å². The molecule has 1 aromatic heterocycles. The molecule has 0 aliphatic rings. The van der Waals surface area contributed by atoms with Gasteiger partial charge in [0.1, 0.15) is 0 Å². The van der Waals surface area contributed by atoms with E-state index in [4.69, 9.17) is 18.0 Å². The SMILES string of the molecule is [C-]#[N+]c1ccc2c(c1)c(-c1cccc(N)c1C)cn2-c1ccc(C(N)=O)cc1. The molecule has 0 spiro atoms. The van der Waals surface area contributed by atoms with Gasteiger partial charge in [-0.25, -0.2) is 4.85 Å². The number of nitrogen functional groups attached to an aromatic ring is 1. The molecule has 5 heteroatoms. The lowest BCUT2D eigenvalue weighted by Crippen LogP contribution is -2.10. The second-order valence-electron chi connectivity index (χ2n) is 6.66. The molecule has 136 valence electrons. The average molecular weight is 366 g/mol. The number of carbonyl (C=O) groups is 1. The van der Waals surface area contributed by atoms with Crippen LogP contribution in [0.1, 0.15) is 15.9 Å². The van der Waals surface area contributed by atoms with Gasteiger partial charge in [-0.2, -0.15) is 0 Å². The number of nitrogens with two attached hydrogens (primary N) is 2. The Morgan fingerprint density at radius 3 is 2.46 bits per heavy atom. The number of carbonyl (C=O) groups excluding carboxylic acids is 1. The van der Waals surface area contributed by atoms with Crippen molar-refractivity contribution in [1.29, 1.82) is 0 Å². The first-order valence-electron chi connectivity index (χ1n) is 8.78. The molecule has 4 N–H and O–H groups in total. The Kier molecular flexibility index (Phi) is 4.10. The van der Waals surface area contributed by atoms with Crippen molar-refractivity contribution in [3.05, 3.63) is 89.4 Å². The highest BCUT2D eigenvalue weighted by Gasteiger charge is 2.15. The number of rotatable bonds is 3. The molecule has 0 saturated heterocycles. The van der Waals surface area contributed by atoms with E-state index in [1.165, 1.54) is 0 Å². The summed E-state index contributed by atoms with van der Waals surface area (Å²) in [6.45, 7) is 9.35. The Bertz CT molecular complexity index is 1260. The molecule has 4 aromatic rings. The quantitative estimate of drug-likeness (QED) is 0.402. The van der Waals surface area contributed by atoms with Crippen LogP contribution in [0, 0.1) is 13.5 Å². The Labute approximate surface area is 162 Å². The van der Waals surface area contributed by atoms with Crippen molar-refractivity contribution in [2.24, 2.45) is 5.73 Å². The molecule has 3 aromatic carbocycles. The van der Waals surface area contributed by atoms with Crippen LogP contribution in [0.4, 0.5) is 11.4 Å². The normalized spacial score (nSPS) is 10.7. The molecule has 4 rings (SSSR count). The summed E-state index contributed by atoms with van der Waals surface area (Å²) in [5.41, 5.74) is 18.1. The van der Waals surface area contributed by atoms with E-state index in [9.17, 15) is 4.79 Å². The number of nitrogens with zero attached hydrogens (tertiary/aromatic N) is 2. The highest BCUT2D eigenvalue weighted by molar-refractivity contribution is 6.00. The van der Waals surface area contributed by atoms with Gasteiger partial charge in [0, 0.05) is 28.7 Å². The summed E-state index contributed by atoms with van der Waals surface area (Å²) in [5.74, 6) is -0.457. The lowest BCUT2D eigenvalue weighted by Gasteiger charge is -2.07. The standard InChI is InChI=1S/C23H18N4O/c1-14-18(4-3-5-21(14)24)20-13-27(17-9-6-15(7-10-17)23(25)28)22-11-8-16(26-2)12-19(20)22/h3-13H,24H2,1H3,(H2,25,28). The molecule has 5 nitrogen and oxygen atoms in total. The molecule has 28 heavy (non-hydrogen) atoms. The van der Waals surface area contributed by atoms with Crippen molar-refractivity contribution in [2.75, 3.05) is 5.73 Å². The van der Waals surface area contributed by atoms with Gasteiger partial charge >= 0.3 is 0 Å². The first kappa shape index (κ1) is 17.4. The van der Waals surface area contributed by atoms with Crippen LogP contribution in [0.2, 0.25) is 0 Å². The maximum absolute atomic E-state index is 11.4. The van der Waals surface area contributed by atoms with Crippen molar-refractivity contribution >= 4 is 28.2 Å². The van der Waals surface area contributed by atoms with Crippen LogP contribution in [0.15, 0.2) is 66.9 Å². The average Bonchev–Trinajstić information content (AvgIpc) is 3.08. The van der Waals surface area contributed by atoms with Crippen LogP contribution >= 0.6 is 0 Å². The number of benzene rings is 3. The molecule has 0 saturated carbocycles. The minimum absolute atomic E-state index is 0.457. The first-order chi connectivity index (χ1) is 13.5. The van der Waals surface area contributed by atoms with Gasteiger partial charge in [-0.15, -0.1) is 0 Å². The van der Waals surface area contributed by atoms with Gasteiger partial charge in [-0.3, -0.25) is 4.79 Å². The Morgan fingerprint density at radius 1 is 1.04 bits per heavy atom. The van der Waals surface area contributed by atoms with Crippen molar-refractivity contribution in [2.45, 2.75) is 6.92 Å². The molecule has 0 aliphatic heterocycles. The van der Waals surface area contributed by atoms with Crippen LogP contribution in [0.3, 0.4) is 0 Å². The van der Waals surface area contributed by atoms with Gasteiger partial charge in [-0.05, 0) is 65.9 Å². The van der Waals surface area contributed by atoms with Gasteiger partial charge in [-0.1, -0.05) is 18.2 Å². The fourth-order valence-electron chi connectivity index (χ4n) is 3.45. The Morgan fingerprint density at radius 2 is 1.79 bits per heavy atom. The van der Waals surface area contributed by atoms with Gasteiger partial charge < -0.3 is 16.0 Å². The number of amides is 1. The Hall–Kier alpha value is -4.04. The lowest BCUT2D eigenvalue weighted by molar-refractivity contribution is 0.100. The van der Waals surface area contributed by atoms with Crippen LogP contribution in [-0.2, 0) is 0 Å². The summed E-state index contributed by atoms with van der Waals surface area (Å²) in [5, 5.41) is 0.973. The van der Waals surface area contributed by atoms with Crippen molar-refractivity contribution < 1.29 is 4.79 Å². The summed E-state index contributed by atoms with van der Waals surface area (Å²) >= 11 is 0. The summed E-state index contributed by atoms with van der Waals surface area (Å²) < 4.78 is 2.05. The van der Waals surface area contributed by atoms with E-state index < -0.39 is 5.91 Å². The topological polar surface area (TPSA) is 78.4 Å². The highest BCUT2D eigenvalue weighted by atomic mass is 16.1. The van der Waals surface area contributed by atoms with E-state index in [1.54, 1.807) is 18.2 Å². The van der Waals surface area contributed by atoms with E-state index in [0.29, 0.717) is 11.3 Å². The second kappa shape index (κ2) is 6.60. The molecule has 0 fully saturated rings. The van der Waals surface area contributed by atoms with Gasteiger partial charge in [0.05, 0.1) is 12.1 Å². The van der Waals surface area contributed by atoms with E-state index in [1.807, 2.05) is 60.2 Å². The zero-order valence-electron chi connectivity index (χ0n) is 15.3. The zero-order valence-corrected chi connectivity index (χ0v) is 15.3. The van der Waals surface area contributed by atoms with Crippen LogP contribution in [0.25, 0.3) is 32.6 Å². The molecule has 0 unspecified atom stereocenters. The molecule has 0 atom stereocenters. The van der Waals surface area contributed by atoms with Gasteiger partial charge in [0.25, 0.3) is 0 Å². The molecule has 1 amide bonds. The lowest BCUT2D eigenvalue weighted by atomic mass is 9.99. The van der Waals surface area contributed by atoms with E-state index in [0.717, 1.165) is 39.0 Å². The van der Waals surface area contributed by atoms with Crippen LogP contribution in [0.5, 0.6) is 0 Å². The van der Waals surface area contributed by atoms with Gasteiger partial charge in [0.15, 0.2) is 5.69 Å². The monoisotopic (exact) mass is 366 g/mol. The third-order valence-electron chi connectivity index (χ3n) is 5.01. The van der Waals surface area contributed by atoms with Crippen molar-refractivity contribution in [1.82, 2.24) is 4.57 Å². The first-order valence-corrected chi connectivity index (χ1v) is 8.78. The molecule has 1 heterocycles. The summed E-state index contributed by atoms with van der Waals surface area (Å²) in [6, 6.07) is 18.6. The van der Waals surface area contributed by atoms with Crippen LogP contribution < -0.4 is 11.5 Å². The molecular weight excluding hydrogens is 348 g/mol. The third kappa shape index (κ3) is 2.78. The number of fused-ring (bicyclic) bond motifs is 1. The maximum Gasteiger partial charge on any atom is 0.248 e. The summed E-state index contributed by atoms with van der Waals surface area (Å²) in [7, 11) is 0. The smallest absolute Gasteiger partial charge is 0.248 e. The largest absolute Gasteiger partial charge is 0.398 e. The number of primary amides is 1. The van der Waals surface area contributed by atoms with E-state index >= 15 is 0 Å². The second-order valence-corrected chi connectivity index (χ2v) is 6.66. The summed E-state index contributed by atoms with van der Waals surface area (Å²) in [4.78, 5) is 14.9.